The van der Waals surface area contributed by atoms with Crippen LogP contribution in [-0.2, 0) is 0 Å². The van der Waals surface area contributed by atoms with E-state index in [1.807, 2.05) is 24.3 Å². The normalized spacial score (nSPS) is 13.2. The predicted molar refractivity (Wildman–Crippen MR) is 63.9 cm³/mol. The van der Waals surface area contributed by atoms with Crippen molar-refractivity contribution < 1.29 is 4.42 Å². The Balaban J connectivity index is 2.20. The van der Waals surface area contributed by atoms with Gasteiger partial charge in [-0.1, -0.05) is 12.1 Å². The van der Waals surface area contributed by atoms with Gasteiger partial charge >= 0.3 is 0 Å². The SMILES string of the molecule is CSCCC(N)c1nc2ccccc2o1. The molecular formula is C11H14N2OS. The van der Waals surface area contributed by atoms with Crippen LogP contribution in [0.15, 0.2) is 28.7 Å². The minimum Gasteiger partial charge on any atom is -0.439 e. The molecule has 4 heteroatoms. The van der Waals surface area contributed by atoms with Crippen molar-refractivity contribution in [1.82, 2.24) is 4.98 Å². The predicted octanol–water partition coefficient (Wildman–Crippen LogP) is 2.58. The van der Waals surface area contributed by atoms with Crippen LogP contribution >= 0.6 is 11.8 Å². The van der Waals surface area contributed by atoms with Gasteiger partial charge in [-0.05, 0) is 30.6 Å². The number of nitrogens with two attached hydrogens (primary N) is 1. The molecule has 1 aromatic heterocycles. The number of hydrogen-bond donors (Lipinski definition) is 1. The van der Waals surface area contributed by atoms with Crippen LogP contribution in [0.25, 0.3) is 11.1 Å². The molecule has 0 aliphatic rings. The van der Waals surface area contributed by atoms with Crippen LogP contribution in [0.5, 0.6) is 0 Å². The molecule has 0 radical (unpaired) electrons. The lowest BCUT2D eigenvalue weighted by molar-refractivity contribution is 0.470. The van der Waals surface area contributed by atoms with Gasteiger partial charge in [-0.25, -0.2) is 4.98 Å². The van der Waals surface area contributed by atoms with Gasteiger partial charge < -0.3 is 10.2 Å². The van der Waals surface area contributed by atoms with Crippen LogP contribution in [-0.4, -0.2) is 17.0 Å². The molecule has 0 bridgehead atoms. The molecule has 0 saturated carbocycles. The maximum absolute atomic E-state index is 5.98. The molecule has 2 aromatic rings. The second-order valence-electron chi connectivity index (χ2n) is 3.41. The molecule has 1 aromatic carbocycles. The van der Waals surface area contributed by atoms with Crippen molar-refractivity contribution in [1.29, 1.82) is 0 Å². The third-order valence-corrected chi connectivity index (χ3v) is 2.90. The highest BCUT2D eigenvalue weighted by Gasteiger charge is 2.12. The highest BCUT2D eigenvalue weighted by atomic mass is 32.2. The zero-order valence-corrected chi connectivity index (χ0v) is 9.46. The lowest BCUT2D eigenvalue weighted by Crippen LogP contribution is -2.11. The van der Waals surface area contributed by atoms with Crippen LogP contribution in [0, 0.1) is 0 Å². The fraction of sp³-hybridized carbons (Fsp3) is 0.364. The fourth-order valence-electron chi connectivity index (χ4n) is 1.42. The van der Waals surface area contributed by atoms with Gasteiger partial charge in [0.1, 0.15) is 5.52 Å². The average Bonchev–Trinajstić information content (AvgIpc) is 2.69. The highest BCUT2D eigenvalue weighted by Crippen LogP contribution is 2.21. The van der Waals surface area contributed by atoms with E-state index in [1.165, 1.54) is 0 Å². The van der Waals surface area contributed by atoms with E-state index < -0.39 is 0 Å². The van der Waals surface area contributed by atoms with E-state index in [-0.39, 0.29) is 6.04 Å². The van der Waals surface area contributed by atoms with Crippen LogP contribution in [0.4, 0.5) is 0 Å². The van der Waals surface area contributed by atoms with Gasteiger partial charge in [-0.3, -0.25) is 0 Å². The van der Waals surface area contributed by atoms with E-state index in [0.29, 0.717) is 5.89 Å². The molecule has 0 fully saturated rings. The van der Waals surface area contributed by atoms with Crippen molar-refractivity contribution in [2.45, 2.75) is 12.5 Å². The summed E-state index contributed by atoms with van der Waals surface area (Å²) in [6, 6.07) is 7.63. The standard InChI is InChI=1S/C11H14N2OS/c1-15-7-6-8(12)11-13-9-4-2-3-5-10(9)14-11/h2-5,8H,6-7,12H2,1H3. The number of fused-ring (bicyclic) bond motifs is 1. The van der Waals surface area contributed by atoms with Gasteiger partial charge in [0.2, 0.25) is 5.89 Å². The molecule has 0 aliphatic carbocycles. The Bertz CT molecular complexity index is 408. The first-order chi connectivity index (χ1) is 7.31. The number of hydrogen-bond acceptors (Lipinski definition) is 4. The summed E-state index contributed by atoms with van der Waals surface area (Å²) in [6.45, 7) is 0. The second-order valence-corrected chi connectivity index (χ2v) is 4.39. The summed E-state index contributed by atoms with van der Waals surface area (Å²) in [6.07, 6.45) is 2.97. The number of thioether (sulfide) groups is 1. The first kappa shape index (κ1) is 10.5. The summed E-state index contributed by atoms with van der Waals surface area (Å²) < 4.78 is 5.58. The molecular weight excluding hydrogens is 208 g/mol. The lowest BCUT2D eigenvalue weighted by Gasteiger charge is -2.04. The molecule has 1 unspecified atom stereocenters. The van der Waals surface area contributed by atoms with E-state index in [9.17, 15) is 0 Å². The molecule has 15 heavy (non-hydrogen) atoms. The quantitative estimate of drug-likeness (QED) is 0.863. The van der Waals surface area contributed by atoms with Gasteiger partial charge in [-0.2, -0.15) is 11.8 Å². The highest BCUT2D eigenvalue weighted by molar-refractivity contribution is 7.98. The number of aromatic nitrogens is 1. The van der Waals surface area contributed by atoms with E-state index in [2.05, 4.69) is 11.2 Å². The van der Waals surface area contributed by atoms with Crippen LogP contribution in [0.2, 0.25) is 0 Å². The topological polar surface area (TPSA) is 52.0 Å². The molecule has 80 valence electrons. The van der Waals surface area contributed by atoms with E-state index in [0.717, 1.165) is 23.3 Å². The monoisotopic (exact) mass is 222 g/mol. The van der Waals surface area contributed by atoms with E-state index >= 15 is 0 Å². The Labute approximate surface area is 93.0 Å². The largest absolute Gasteiger partial charge is 0.439 e. The third-order valence-electron chi connectivity index (χ3n) is 2.26. The molecule has 2 N–H and O–H groups in total. The summed E-state index contributed by atoms with van der Waals surface area (Å²) in [5.41, 5.74) is 7.67. The number of para-hydroxylation sites is 2. The van der Waals surface area contributed by atoms with Gasteiger partial charge in [0.15, 0.2) is 5.58 Å². The number of benzene rings is 1. The van der Waals surface area contributed by atoms with Crippen molar-refractivity contribution in [3.8, 4) is 0 Å². The van der Waals surface area contributed by atoms with Gasteiger partial charge in [0.05, 0.1) is 6.04 Å². The number of rotatable bonds is 4. The minimum absolute atomic E-state index is 0.0927. The Morgan fingerprint density at radius 2 is 2.27 bits per heavy atom. The smallest absolute Gasteiger partial charge is 0.212 e. The summed E-state index contributed by atoms with van der Waals surface area (Å²) in [5, 5.41) is 0. The summed E-state index contributed by atoms with van der Waals surface area (Å²) in [5.74, 6) is 1.67. The van der Waals surface area contributed by atoms with E-state index in [1.54, 1.807) is 11.8 Å². The number of nitrogens with zero attached hydrogens (tertiary/aromatic N) is 1. The third kappa shape index (κ3) is 2.33. The van der Waals surface area contributed by atoms with Gasteiger partial charge in [0, 0.05) is 0 Å². The molecule has 1 heterocycles. The molecule has 1 atom stereocenters. The molecule has 0 spiro atoms. The van der Waals surface area contributed by atoms with Crippen molar-refractivity contribution in [3.63, 3.8) is 0 Å². The van der Waals surface area contributed by atoms with Crippen molar-refractivity contribution in [2.75, 3.05) is 12.0 Å². The second kappa shape index (κ2) is 4.68. The average molecular weight is 222 g/mol. The van der Waals surface area contributed by atoms with E-state index in [4.69, 9.17) is 10.2 Å². The molecule has 3 nitrogen and oxygen atoms in total. The Morgan fingerprint density at radius 1 is 1.47 bits per heavy atom. The van der Waals surface area contributed by atoms with Gasteiger partial charge in [-0.15, -0.1) is 0 Å². The van der Waals surface area contributed by atoms with Crippen molar-refractivity contribution >= 4 is 22.9 Å². The number of oxazole rings is 1. The molecule has 0 aliphatic heterocycles. The Morgan fingerprint density at radius 3 is 3.00 bits per heavy atom. The summed E-state index contributed by atoms with van der Waals surface area (Å²) in [7, 11) is 0. The zero-order valence-electron chi connectivity index (χ0n) is 8.64. The minimum atomic E-state index is -0.0927. The Kier molecular flexibility index (Phi) is 3.28. The van der Waals surface area contributed by atoms with Crippen LogP contribution in [0.3, 0.4) is 0 Å². The lowest BCUT2D eigenvalue weighted by atomic mass is 10.2. The maximum Gasteiger partial charge on any atom is 0.212 e. The first-order valence-electron chi connectivity index (χ1n) is 4.91. The van der Waals surface area contributed by atoms with Crippen molar-refractivity contribution in [3.05, 3.63) is 30.2 Å². The fourth-order valence-corrected chi connectivity index (χ4v) is 1.91. The maximum atomic E-state index is 5.98. The Hall–Kier alpha value is -1.00. The van der Waals surface area contributed by atoms with Crippen LogP contribution < -0.4 is 5.73 Å². The van der Waals surface area contributed by atoms with Crippen molar-refractivity contribution in [2.24, 2.45) is 5.73 Å². The summed E-state index contributed by atoms with van der Waals surface area (Å²) >= 11 is 1.78. The zero-order chi connectivity index (χ0) is 10.7. The first-order valence-corrected chi connectivity index (χ1v) is 6.30. The summed E-state index contributed by atoms with van der Waals surface area (Å²) in [4.78, 5) is 4.36. The molecule has 2 rings (SSSR count). The van der Waals surface area contributed by atoms with Crippen LogP contribution in [0.1, 0.15) is 18.4 Å². The molecule has 0 saturated heterocycles. The van der Waals surface area contributed by atoms with Gasteiger partial charge in [0.25, 0.3) is 0 Å². The molecule has 0 amide bonds.